The number of carbonyl (C=O) groups excluding carboxylic acids is 1. The third kappa shape index (κ3) is 14.7. The van der Waals surface area contributed by atoms with Crippen molar-refractivity contribution in [2.75, 3.05) is 13.2 Å². The number of ether oxygens (including phenoxy) is 3. The molecule has 3 rings (SSSR count). The Hall–Kier alpha value is 0.190. The van der Waals surface area contributed by atoms with Crippen molar-refractivity contribution in [1.82, 2.24) is 0 Å². The summed E-state index contributed by atoms with van der Waals surface area (Å²) in [6.07, 6.45) is 1.12. The predicted molar refractivity (Wildman–Crippen MR) is 126 cm³/mol. The molecule has 0 amide bonds. The minimum absolute atomic E-state index is 0. The van der Waals surface area contributed by atoms with Gasteiger partial charge in [-0.2, -0.15) is 0 Å². The van der Waals surface area contributed by atoms with E-state index in [1.54, 1.807) is 0 Å². The average molecular weight is 507 g/mol. The van der Waals surface area contributed by atoms with Crippen LogP contribution in [0.2, 0.25) is 0 Å². The van der Waals surface area contributed by atoms with Gasteiger partial charge < -0.3 is 45.3 Å². The minimum Gasteiger partial charge on any atom is -0.547 e. The van der Waals surface area contributed by atoms with E-state index < -0.39 is 24.5 Å². The third-order valence-corrected chi connectivity index (χ3v) is 6.68. The van der Waals surface area contributed by atoms with E-state index in [1.165, 1.54) is 6.42 Å². The maximum Gasteiger partial charge on any atom is 1.00 e. The van der Waals surface area contributed by atoms with Crippen molar-refractivity contribution >= 4 is 5.97 Å². The Morgan fingerprint density at radius 1 is 0.765 bits per heavy atom. The number of rotatable bonds is 1. The molecule has 34 heavy (non-hydrogen) atoms. The van der Waals surface area contributed by atoms with Crippen LogP contribution in [-0.4, -0.2) is 71.1 Å². The van der Waals surface area contributed by atoms with Crippen molar-refractivity contribution in [3.05, 3.63) is 0 Å². The van der Waals surface area contributed by atoms with Gasteiger partial charge >= 0.3 is 29.6 Å². The molecule has 3 heterocycles. The van der Waals surface area contributed by atoms with Crippen LogP contribution < -0.4 is 34.7 Å². The molecule has 6 N–H and O–H groups in total. The Balaban J connectivity index is -0.000000188. The molecule has 7 unspecified atom stereocenters. The number of aliphatic hydroxyl groups excluding tert-OH is 2. The molecule has 3 aliphatic heterocycles. The molecule has 3 aliphatic rings. The molecule has 0 aromatic heterocycles. The van der Waals surface area contributed by atoms with Gasteiger partial charge in [-0.3, -0.25) is 0 Å². The van der Waals surface area contributed by atoms with Crippen LogP contribution in [0.25, 0.3) is 0 Å². The second-order valence-electron chi connectivity index (χ2n) is 9.66. The summed E-state index contributed by atoms with van der Waals surface area (Å²) >= 11 is 0. The van der Waals surface area contributed by atoms with Crippen LogP contribution in [0.5, 0.6) is 0 Å². The summed E-state index contributed by atoms with van der Waals surface area (Å²) in [6, 6.07) is 0. The Bertz CT molecular complexity index is 499. The number of carboxylic acids is 1. The van der Waals surface area contributed by atoms with Gasteiger partial charge in [-0.15, -0.1) is 0 Å². The van der Waals surface area contributed by atoms with Crippen LogP contribution in [0, 0.1) is 29.6 Å². The Morgan fingerprint density at radius 2 is 1.26 bits per heavy atom. The van der Waals surface area contributed by atoms with Gasteiger partial charge in [-0.1, -0.05) is 42.0 Å². The largest absolute Gasteiger partial charge is 1.00 e. The van der Waals surface area contributed by atoms with Gasteiger partial charge in [0.15, 0.2) is 6.29 Å². The third-order valence-electron chi connectivity index (χ3n) is 6.68. The Kier molecular flexibility index (Phi) is 24.6. The zero-order valence-corrected chi connectivity index (χ0v) is 23.7. The average Bonchev–Trinajstić information content (AvgIpc) is 2.66. The van der Waals surface area contributed by atoms with Crippen LogP contribution in [-0.2, 0) is 19.0 Å². The van der Waals surface area contributed by atoms with Crippen molar-refractivity contribution in [2.24, 2.45) is 29.6 Å². The molecule has 3 saturated heterocycles. The van der Waals surface area contributed by atoms with Crippen LogP contribution >= 0.6 is 0 Å². The van der Waals surface area contributed by atoms with Gasteiger partial charge in [0, 0.05) is 24.9 Å². The summed E-state index contributed by atoms with van der Waals surface area (Å²) < 4.78 is 15.6. The summed E-state index contributed by atoms with van der Waals surface area (Å²) in [4.78, 5) is 10.3. The van der Waals surface area contributed by atoms with E-state index in [0.29, 0.717) is 18.6 Å². The first-order chi connectivity index (χ1) is 13.9. The zero-order valence-electron chi connectivity index (χ0n) is 21.7. The van der Waals surface area contributed by atoms with Gasteiger partial charge in [0.05, 0.1) is 37.0 Å². The fourth-order valence-corrected chi connectivity index (χ4v) is 3.80. The van der Waals surface area contributed by atoms with E-state index >= 15 is 0 Å². The van der Waals surface area contributed by atoms with Crippen LogP contribution in [0.3, 0.4) is 0 Å². The Labute approximate surface area is 228 Å². The molecule has 10 heteroatoms. The van der Waals surface area contributed by atoms with Crippen molar-refractivity contribution in [2.45, 2.75) is 106 Å². The van der Waals surface area contributed by atoms with Crippen molar-refractivity contribution in [1.29, 1.82) is 0 Å². The van der Waals surface area contributed by atoms with Crippen molar-refractivity contribution in [3.8, 4) is 0 Å². The van der Waals surface area contributed by atoms with E-state index in [4.69, 9.17) is 14.2 Å². The molecule has 10 atom stereocenters. The molecular weight excluding hydrogens is 455 g/mol. The maximum absolute atomic E-state index is 10.3. The first kappa shape index (κ1) is 41.3. The van der Waals surface area contributed by atoms with Crippen LogP contribution in [0.4, 0.5) is 0 Å². The van der Waals surface area contributed by atoms with E-state index in [1.807, 2.05) is 20.8 Å². The fraction of sp³-hybridized carbons (Fsp3) is 0.958. The summed E-state index contributed by atoms with van der Waals surface area (Å²) in [5.74, 6) is 1.27. The zero-order chi connectivity index (χ0) is 23.0. The van der Waals surface area contributed by atoms with Gasteiger partial charge in [-0.05, 0) is 44.4 Å². The SMILES string of the molecule is C.CC1COC(C(=O)[O-])C[C@H]1O.CC1C[C@@H](C)C(C)C(O)O1.CC1C[C@@H](C)C(C)CO1.O.O.[Na+]. The van der Waals surface area contributed by atoms with E-state index in [2.05, 4.69) is 27.7 Å². The van der Waals surface area contributed by atoms with Gasteiger partial charge in [0.25, 0.3) is 0 Å². The van der Waals surface area contributed by atoms with Gasteiger partial charge in [-0.25, -0.2) is 0 Å². The second-order valence-corrected chi connectivity index (χ2v) is 9.66. The standard InChI is InChI=1S/C8H16O2.C8H16O.C7H12O4.CH4.Na.2H2O/c1-5-4-6(2)10-8(9)7(5)3;1-6-4-8(3)9-5-7(6)2;1-4-3-11-6(7(9)10)2-5(4)8;;;;/h5-9H,4H2,1-3H3;6-8H,4-5H2,1-3H3;4-6,8H,2-3H2,1H3,(H,9,10);1H4;;2*1H2/q;;;;+1;;/p-1/t5-,6?,7?,8?;6-,7?,8?;4?,5-,6?;;;;/m111..../s1. The Morgan fingerprint density at radius 3 is 1.68 bits per heavy atom. The first-order valence-corrected chi connectivity index (χ1v) is 11.4. The molecule has 0 bridgehead atoms. The molecular formula is C24H51NaO9. The number of aliphatic carboxylic acids is 1. The number of hydrogen-bond acceptors (Lipinski definition) is 7. The van der Waals surface area contributed by atoms with Crippen molar-refractivity contribution < 1.29 is 74.8 Å². The molecule has 0 aliphatic carbocycles. The minimum atomic E-state index is -1.24. The summed E-state index contributed by atoms with van der Waals surface area (Å²) in [5, 5.41) is 28.8. The second kappa shape index (κ2) is 20.3. The number of carboxylic acid groups (broad SMARTS) is 1. The summed E-state index contributed by atoms with van der Waals surface area (Å²) in [7, 11) is 0. The molecule has 202 valence electrons. The monoisotopic (exact) mass is 506 g/mol. The van der Waals surface area contributed by atoms with E-state index in [-0.39, 0.29) is 72.3 Å². The first-order valence-electron chi connectivity index (χ1n) is 11.4. The van der Waals surface area contributed by atoms with E-state index in [9.17, 15) is 20.1 Å². The van der Waals surface area contributed by atoms with Gasteiger partial charge in [0.2, 0.25) is 0 Å². The quantitative estimate of drug-likeness (QED) is 0.386. The number of carbonyl (C=O) groups is 1. The molecule has 3 fully saturated rings. The summed E-state index contributed by atoms with van der Waals surface area (Å²) in [6.45, 7) is 16.0. The normalized spacial score (nSPS) is 38.9. The molecule has 0 aromatic rings. The van der Waals surface area contributed by atoms with Crippen molar-refractivity contribution in [3.63, 3.8) is 0 Å². The smallest absolute Gasteiger partial charge is 0.547 e. The molecule has 9 nitrogen and oxygen atoms in total. The van der Waals surface area contributed by atoms with Crippen LogP contribution in [0.15, 0.2) is 0 Å². The van der Waals surface area contributed by atoms with E-state index in [0.717, 1.165) is 24.9 Å². The molecule has 0 saturated carbocycles. The van der Waals surface area contributed by atoms with Crippen LogP contribution in [0.1, 0.15) is 75.2 Å². The maximum atomic E-state index is 10.3. The molecule has 0 spiro atoms. The number of hydrogen-bond donors (Lipinski definition) is 2. The topological polar surface area (TPSA) is 171 Å². The fourth-order valence-electron chi connectivity index (χ4n) is 3.80. The van der Waals surface area contributed by atoms with Gasteiger partial charge in [0.1, 0.15) is 0 Å². The molecule has 0 radical (unpaired) electrons. The predicted octanol–water partition coefficient (Wildman–Crippen LogP) is -2.03. The number of aliphatic hydroxyl groups is 2. The molecule has 0 aromatic carbocycles. The summed E-state index contributed by atoms with van der Waals surface area (Å²) in [5.41, 5.74) is 0.